The average Bonchev–Trinajstić information content (AvgIpc) is 2.14. The van der Waals surface area contributed by atoms with Gasteiger partial charge < -0.3 is 15.6 Å². The van der Waals surface area contributed by atoms with Gasteiger partial charge in [-0.15, -0.1) is 0 Å². The second-order valence-corrected chi connectivity index (χ2v) is 3.11. The van der Waals surface area contributed by atoms with Crippen molar-refractivity contribution in [3.63, 3.8) is 0 Å². The molecule has 0 heterocycles. The lowest BCUT2D eigenvalue weighted by atomic mass is 10.1. The highest BCUT2D eigenvalue weighted by molar-refractivity contribution is 5.75. The molecular weight excluding hydrogens is 201 g/mol. The molecule has 0 aliphatic heterocycles. The van der Waals surface area contributed by atoms with Gasteiger partial charge in [-0.05, 0) is 19.1 Å². The van der Waals surface area contributed by atoms with Crippen molar-refractivity contribution in [2.75, 3.05) is 6.61 Å². The van der Waals surface area contributed by atoms with E-state index in [9.17, 15) is 14.3 Å². The summed E-state index contributed by atoms with van der Waals surface area (Å²) in [5, 5.41) is 9.34. The van der Waals surface area contributed by atoms with Crippen molar-refractivity contribution < 1.29 is 19.0 Å². The first-order valence-electron chi connectivity index (χ1n) is 4.39. The Kier molecular flexibility index (Phi) is 3.62. The summed E-state index contributed by atoms with van der Waals surface area (Å²) < 4.78 is 17.8. The topological polar surface area (TPSA) is 72.6 Å². The first-order valence-corrected chi connectivity index (χ1v) is 4.39. The maximum absolute atomic E-state index is 12.9. The van der Waals surface area contributed by atoms with Gasteiger partial charge in [-0.2, -0.15) is 0 Å². The van der Waals surface area contributed by atoms with Gasteiger partial charge in [0.1, 0.15) is 11.6 Å². The molecule has 3 N–H and O–H groups in total. The summed E-state index contributed by atoms with van der Waals surface area (Å²) in [6, 6.07) is 3.71. The molecule has 1 aromatic carbocycles. The standard InChI is InChI=1S/C10H12FNO3/c1-6(13)8-3-2-7(11)4-9(8)15-5-10(12)14/h2-4,6,13H,5H2,1H3,(H2,12,14). The Labute approximate surface area is 86.5 Å². The highest BCUT2D eigenvalue weighted by Gasteiger charge is 2.10. The van der Waals surface area contributed by atoms with Crippen LogP contribution in [-0.2, 0) is 4.79 Å². The van der Waals surface area contributed by atoms with E-state index in [2.05, 4.69) is 0 Å². The summed E-state index contributed by atoms with van der Waals surface area (Å²) in [7, 11) is 0. The average molecular weight is 213 g/mol. The number of primary amides is 1. The molecule has 0 aliphatic rings. The molecule has 4 nitrogen and oxygen atoms in total. The minimum Gasteiger partial charge on any atom is -0.483 e. The monoisotopic (exact) mass is 213 g/mol. The number of carbonyl (C=O) groups excluding carboxylic acids is 1. The number of rotatable bonds is 4. The molecule has 1 atom stereocenters. The number of amides is 1. The van der Waals surface area contributed by atoms with Crippen molar-refractivity contribution in [1.82, 2.24) is 0 Å². The quantitative estimate of drug-likeness (QED) is 0.774. The Morgan fingerprint density at radius 1 is 1.67 bits per heavy atom. The van der Waals surface area contributed by atoms with E-state index in [1.807, 2.05) is 0 Å². The van der Waals surface area contributed by atoms with E-state index in [1.165, 1.54) is 19.1 Å². The molecule has 0 bridgehead atoms. The summed E-state index contributed by atoms with van der Waals surface area (Å²) in [5.41, 5.74) is 5.30. The van der Waals surface area contributed by atoms with Gasteiger partial charge in [0, 0.05) is 11.6 Å². The first kappa shape index (κ1) is 11.5. The number of carbonyl (C=O) groups is 1. The third-order valence-electron chi connectivity index (χ3n) is 1.80. The summed E-state index contributed by atoms with van der Waals surface area (Å²) in [5.74, 6) is -1.03. The van der Waals surface area contributed by atoms with Crippen molar-refractivity contribution in [1.29, 1.82) is 0 Å². The molecule has 0 saturated carbocycles. The third kappa shape index (κ3) is 3.21. The molecule has 0 saturated heterocycles. The Morgan fingerprint density at radius 2 is 2.33 bits per heavy atom. The van der Waals surface area contributed by atoms with E-state index in [0.717, 1.165) is 6.07 Å². The molecule has 15 heavy (non-hydrogen) atoms. The van der Waals surface area contributed by atoms with Gasteiger partial charge in [0.15, 0.2) is 6.61 Å². The molecule has 1 amide bonds. The number of benzene rings is 1. The number of aliphatic hydroxyl groups is 1. The van der Waals surface area contributed by atoms with Crippen molar-refractivity contribution >= 4 is 5.91 Å². The van der Waals surface area contributed by atoms with Crippen LogP contribution in [0.5, 0.6) is 5.75 Å². The molecule has 0 spiro atoms. The molecule has 0 radical (unpaired) electrons. The number of halogens is 1. The molecule has 0 aromatic heterocycles. The zero-order chi connectivity index (χ0) is 11.4. The highest BCUT2D eigenvalue weighted by atomic mass is 19.1. The normalized spacial score (nSPS) is 12.2. The van der Waals surface area contributed by atoms with Crippen LogP contribution in [-0.4, -0.2) is 17.6 Å². The van der Waals surface area contributed by atoms with Crippen LogP contribution >= 0.6 is 0 Å². The Morgan fingerprint density at radius 3 is 2.87 bits per heavy atom. The molecular formula is C10H12FNO3. The molecule has 5 heteroatoms. The predicted molar refractivity (Wildman–Crippen MR) is 51.7 cm³/mol. The summed E-state index contributed by atoms with van der Waals surface area (Å²) in [6.07, 6.45) is -0.798. The second-order valence-electron chi connectivity index (χ2n) is 3.11. The number of aliphatic hydroxyl groups excluding tert-OH is 1. The van der Waals surface area contributed by atoms with Crippen molar-refractivity contribution in [3.8, 4) is 5.75 Å². The fraction of sp³-hybridized carbons (Fsp3) is 0.300. The molecule has 82 valence electrons. The largest absolute Gasteiger partial charge is 0.483 e. The SMILES string of the molecule is CC(O)c1ccc(F)cc1OCC(N)=O. The van der Waals surface area contributed by atoms with Gasteiger partial charge in [-0.25, -0.2) is 4.39 Å². The smallest absolute Gasteiger partial charge is 0.255 e. The van der Waals surface area contributed by atoms with Crippen LogP contribution in [0.3, 0.4) is 0 Å². The van der Waals surface area contributed by atoms with E-state index in [4.69, 9.17) is 10.5 Å². The molecule has 1 unspecified atom stereocenters. The Bertz CT molecular complexity index is 366. The Balaban J connectivity index is 2.91. The van der Waals surface area contributed by atoms with E-state index in [-0.39, 0.29) is 12.4 Å². The first-order chi connectivity index (χ1) is 7.00. The van der Waals surface area contributed by atoms with Crippen LogP contribution < -0.4 is 10.5 Å². The van der Waals surface area contributed by atoms with E-state index < -0.39 is 17.8 Å². The molecule has 0 aliphatic carbocycles. The van der Waals surface area contributed by atoms with Gasteiger partial charge in [-0.3, -0.25) is 4.79 Å². The maximum Gasteiger partial charge on any atom is 0.255 e. The van der Waals surface area contributed by atoms with Crippen LogP contribution in [0.4, 0.5) is 4.39 Å². The minimum absolute atomic E-state index is 0.129. The van der Waals surface area contributed by atoms with Crippen LogP contribution in [0.25, 0.3) is 0 Å². The third-order valence-corrected chi connectivity index (χ3v) is 1.80. The van der Waals surface area contributed by atoms with E-state index >= 15 is 0 Å². The van der Waals surface area contributed by atoms with Gasteiger partial charge in [-0.1, -0.05) is 0 Å². The lowest BCUT2D eigenvalue weighted by molar-refractivity contribution is -0.120. The second kappa shape index (κ2) is 4.75. The summed E-state index contributed by atoms with van der Waals surface area (Å²) >= 11 is 0. The van der Waals surface area contributed by atoms with Crippen LogP contribution in [0.2, 0.25) is 0 Å². The number of nitrogens with two attached hydrogens (primary N) is 1. The van der Waals surface area contributed by atoms with Gasteiger partial charge in [0.25, 0.3) is 5.91 Å². The number of ether oxygens (including phenoxy) is 1. The van der Waals surface area contributed by atoms with Crippen molar-refractivity contribution in [3.05, 3.63) is 29.6 Å². The van der Waals surface area contributed by atoms with Crippen LogP contribution in [0, 0.1) is 5.82 Å². The van der Waals surface area contributed by atoms with Crippen LogP contribution in [0.15, 0.2) is 18.2 Å². The predicted octanol–water partition coefficient (Wildman–Crippen LogP) is 0.743. The van der Waals surface area contributed by atoms with E-state index in [0.29, 0.717) is 5.56 Å². The van der Waals surface area contributed by atoms with E-state index in [1.54, 1.807) is 0 Å². The summed E-state index contributed by atoms with van der Waals surface area (Å²) in [6.45, 7) is 1.17. The van der Waals surface area contributed by atoms with Gasteiger partial charge >= 0.3 is 0 Å². The van der Waals surface area contributed by atoms with Gasteiger partial charge in [0.05, 0.1) is 6.10 Å². The lowest BCUT2D eigenvalue weighted by Gasteiger charge is -2.12. The fourth-order valence-corrected chi connectivity index (χ4v) is 1.13. The summed E-state index contributed by atoms with van der Waals surface area (Å²) in [4.78, 5) is 10.5. The zero-order valence-electron chi connectivity index (χ0n) is 8.24. The molecule has 0 fully saturated rings. The van der Waals surface area contributed by atoms with Crippen LogP contribution in [0.1, 0.15) is 18.6 Å². The number of hydrogen-bond donors (Lipinski definition) is 2. The zero-order valence-corrected chi connectivity index (χ0v) is 8.24. The minimum atomic E-state index is -0.798. The van der Waals surface area contributed by atoms with Gasteiger partial charge in [0.2, 0.25) is 0 Å². The maximum atomic E-state index is 12.9. The van der Waals surface area contributed by atoms with Crippen molar-refractivity contribution in [2.45, 2.75) is 13.0 Å². The highest BCUT2D eigenvalue weighted by Crippen LogP contribution is 2.25. The molecule has 1 aromatic rings. The number of hydrogen-bond acceptors (Lipinski definition) is 3. The van der Waals surface area contributed by atoms with Crippen molar-refractivity contribution in [2.24, 2.45) is 5.73 Å². The fourth-order valence-electron chi connectivity index (χ4n) is 1.13. The molecule has 1 rings (SSSR count). The lowest BCUT2D eigenvalue weighted by Crippen LogP contribution is -2.20. The Hall–Kier alpha value is -1.62.